The number of aromatic nitrogens is 3. The van der Waals surface area contributed by atoms with Crippen LogP contribution in [0.25, 0.3) is 11.3 Å². The van der Waals surface area contributed by atoms with Gasteiger partial charge in [-0.1, -0.05) is 0 Å². The largest absolute Gasteiger partial charge is 0.481 e. The van der Waals surface area contributed by atoms with Crippen molar-refractivity contribution in [1.29, 1.82) is 0 Å². The van der Waals surface area contributed by atoms with Gasteiger partial charge in [0.25, 0.3) is 0 Å². The van der Waals surface area contributed by atoms with E-state index < -0.39 is 53.3 Å². The zero-order valence-electron chi connectivity index (χ0n) is 26.3. The molecule has 0 radical (unpaired) electrons. The molecule has 1 aromatic carbocycles. The Labute approximate surface area is 273 Å². The van der Waals surface area contributed by atoms with Crippen LogP contribution in [0.15, 0.2) is 48.9 Å². The molecule has 0 spiro atoms. The number of anilines is 1. The summed E-state index contributed by atoms with van der Waals surface area (Å²) in [4.78, 5) is 41.3. The Morgan fingerprint density at radius 2 is 1.67 bits per heavy atom. The van der Waals surface area contributed by atoms with E-state index in [1.165, 1.54) is 11.8 Å². The van der Waals surface area contributed by atoms with E-state index in [2.05, 4.69) is 4.98 Å². The molecular weight excluding hydrogens is 644 g/mol. The number of hydrogen-bond donors (Lipinski definition) is 1. The van der Waals surface area contributed by atoms with Crippen molar-refractivity contribution in [3.8, 4) is 11.3 Å². The molecule has 1 saturated heterocycles. The molecule has 3 aromatic rings. The quantitative estimate of drug-likeness (QED) is 0.217. The van der Waals surface area contributed by atoms with Crippen molar-refractivity contribution in [2.45, 2.75) is 77.0 Å². The van der Waals surface area contributed by atoms with Crippen molar-refractivity contribution in [2.24, 2.45) is 11.8 Å². The van der Waals surface area contributed by atoms with Crippen LogP contribution in [0.5, 0.6) is 0 Å². The summed E-state index contributed by atoms with van der Waals surface area (Å²) < 4.78 is 87.0. The summed E-state index contributed by atoms with van der Waals surface area (Å²) in [6.45, 7) is 4.37. The number of ether oxygens (including phenoxy) is 1. The van der Waals surface area contributed by atoms with Crippen molar-refractivity contribution < 1.29 is 45.8 Å². The third kappa shape index (κ3) is 7.98. The maximum atomic E-state index is 13.6. The Hall–Kier alpha value is -4.43. The fourth-order valence-electron chi connectivity index (χ4n) is 6.45. The minimum Gasteiger partial charge on any atom is -0.481 e. The normalized spacial score (nSPS) is 21.7. The van der Waals surface area contributed by atoms with Gasteiger partial charge in [0, 0.05) is 37.5 Å². The molecule has 2 fully saturated rings. The number of cyclic esters (lactones) is 1. The van der Waals surface area contributed by atoms with E-state index in [0.29, 0.717) is 48.0 Å². The summed E-state index contributed by atoms with van der Waals surface area (Å²) in [5, 5.41) is 9.17. The van der Waals surface area contributed by atoms with E-state index in [1.807, 2.05) is 11.8 Å². The van der Waals surface area contributed by atoms with Crippen molar-refractivity contribution in [3.63, 3.8) is 0 Å². The fraction of sp³-hybridized carbons (Fsp3) is 0.485. The van der Waals surface area contributed by atoms with Crippen LogP contribution >= 0.6 is 0 Å². The van der Waals surface area contributed by atoms with E-state index in [9.17, 15) is 35.9 Å². The molecule has 15 heteroatoms. The molecule has 1 aliphatic carbocycles. The van der Waals surface area contributed by atoms with Gasteiger partial charge in [0.2, 0.25) is 0 Å². The smallest absolute Gasteiger partial charge is 0.416 e. The molecule has 1 amide bonds. The fourth-order valence-corrected chi connectivity index (χ4v) is 6.45. The molecule has 48 heavy (non-hydrogen) atoms. The van der Waals surface area contributed by atoms with Gasteiger partial charge in [-0.25, -0.2) is 14.8 Å². The molecule has 2 atom stereocenters. The van der Waals surface area contributed by atoms with E-state index in [1.54, 1.807) is 30.7 Å². The number of amides is 1. The second-order valence-corrected chi connectivity index (χ2v) is 12.3. The van der Waals surface area contributed by atoms with Crippen LogP contribution in [0.2, 0.25) is 0 Å². The molecule has 1 N–H and O–H groups in total. The average molecular weight is 680 g/mol. The number of pyridine rings is 1. The summed E-state index contributed by atoms with van der Waals surface area (Å²) in [6.07, 6.45) is -4.30. The highest BCUT2D eigenvalue weighted by molar-refractivity contribution is 5.71. The maximum absolute atomic E-state index is 13.6. The molecule has 258 valence electrons. The van der Waals surface area contributed by atoms with Gasteiger partial charge >= 0.3 is 24.4 Å². The number of aliphatic carboxylic acids is 1. The van der Waals surface area contributed by atoms with E-state index in [4.69, 9.17) is 19.8 Å². The molecule has 9 nitrogen and oxygen atoms in total. The zero-order chi connectivity index (χ0) is 34.8. The minimum absolute atomic E-state index is 0.0342. The summed E-state index contributed by atoms with van der Waals surface area (Å²) in [7, 11) is 0. The van der Waals surface area contributed by atoms with Gasteiger partial charge in [-0.05, 0) is 87.3 Å². The van der Waals surface area contributed by atoms with E-state index in [-0.39, 0.29) is 30.9 Å². The number of alkyl halides is 6. The Morgan fingerprint density at radius 1 is 1.02 bits per heavy atom. The second-order valence-electron chi connectivity index (χ2n) is 12.3. The van der Waals surface area contributed by atoms with Crippen LogP contribution in [0.4, 0.5) is 37.0 Å². The number of carboxylic acids is 1. The molecule has 5 rings (SSSR count). The first-order valence-electron chi connectivity index (χ1n) is 15.6. The number of carbonyl (C=O) groups excluding carboxylic acids is 1. The lowest BCUT2D eigenvalue weighted by Gasteiger charge is -2.33. The van der Waals surface area contributed by atoms with Gasteiger partial charge in [0.1, 0.15) is 11.8 Å². The third-order valence-corrected chi connectivity index (χ3v) is 9.02. The van der Waals surface area contributed by atoms with Gasteiger partial charge < -0.3 is 14.7 Å². The van der Waals surface area contributed by atoms with Crippen molar-refractivity contribution in [1.82, 2.24) is 19.9 Å². The Morgan fingerprint density at radius 3 is 2.23 bits per heavy atom. The van der Waals surface area contributed by atoms with Crippen molar-refractivity contribution >= 4 is 17.9 Å². The van der Waals surface area contributed by atoms with Crippen LogP contribution in [0, 0.1) is 11.8 Å². The van der Waals surface area contributed by atoms with E-state index in [0.717, 1.165) is 25.7 Å². The van der Waals surface area contributed by atoms with Crippen LogP contribution in [0.1, 0.15) is 74.4 Å². The third-order valence-electron chi connectivity index (χ3n) is 9.02. The lowest BCUT2D eigenvalue weighted by atomic mass is 9.80. The predicted molar refractivity (Wildman–Crippen MR) is 162 cm³/mol. The highest BCUT2D eigenvalue weighted by Gasteiger charge is 2.44. The Balaban J connectivity index is 1.45. The highest BCUT2D eigenvalue weighted by atomic mass is 19.4. The number of halogens is 6. The maximum Gasteiger partial charge on any atom is 0.416 e. The molecule has 0 bridgehead atoms. The average Bonchev–Trinajstić information content (AvgIpc) is 3.32. The first-order valence-corrected chi connectivity index (χ1v) is 15.6. The topological polar surface area (TPSA) is 109 Å². The van der Waals surface area contributed by atoms with Crippen molar-refractivity contribution in [2.75, 3.05) is 18.0 Å². The van der Waals surface area contributed by atoms with Gasteiger partial charge in [-0.2, -0.15) is 26.3 Å². The van der Waals surface area contributed by atoms with Gasteiger partial charge in [-0.3, -0.25) is 14.7 Å². The first-order chi connectivity index (χ1) is 22.6. The molecule has 2 aliphatic rings. The summed E-state index contributed by atoms with van der Waals surface area (Å²) in [6, 6.07) is 3.72. The van der Waals surface area contributed by atoms with Crippen LogP contribution in [-0.4, -0.2) is 56.2 Å². The van der Waals surface area contributed by atoms with Gasteiger partial charge in [-0.15, -0.1) is 0 Å². The first kappa shape index (κ1) is 34.9. The molecular formula is C33H35F6N5O4. The predicted octanol–water partition coefficient (Wildman–Crippen LogP) is 7.77. The lowest BCUT2D eigenvalue weighted by molar-refractivity contribution is -0.143. The molecule has 2 aromatic heterocycles. The number of nitrogens with zero attached hydrogens (tertiary/aromatic N) is 5. The summed E-state index contributed by atoms with van der Waals surface area (Å²) in [5.41, 5.74) is -1.96. The highest BCUT2D eigenvalue weighted by Crippen LogP contribution is 2.41. The summed E-state index contributed by atoms with van der Waals surface area (Å²) >= 11 is 0. The monoisotopic (exact) mass is 679 g/mol. The second kappa shape index (κ2) is 14.0. The Kier molecular flexibility index (Phi) is 10.2. The number of hydrogen-bond acceptors (Lipinski definition) is 7. The SMILES string of the molecule is CCN(C[C@H]1CC[C@H](CC(=O)O)CC1)c1ncc(-c2cccnc2)nc1CN1C(=O)OC(c2cc(C(F)(F)F)cc(C(F)(F)F)c2)[C@@H]1C. The Bertz CT molecular complexity index is 1580. The van der Waals surface area contributed by atoms with Crippen LogP contribution in [-0.2, 0) is 28.4 Å². The molecule has 1 unspecified atom stereocenters. The molecule has 3 heterocycles. The summed E-state index contributed by atoms with van der Waals surface area (Å²) in [5.74, 6) is 0.0433. The number of benzene rings is 1. The minimum atomic E-state index is -5.06. The van der Waals surface area contributed by atoms with Crippen molar-refractivity contribution in [3.05, 3.63) is 71.3 Å². The van der Waals surface area contributed by atoms with Gasteiger partial charge in [0.05, 0.1) is 35.6 Å². The standard InChI is InChI=1S/C33H35F6N5O4/c1-3-43(17-21-8-6-20(7-9-21)11-28(45)46)30-27(42-26(16-41-30)22-5-4-10-40-15-22)18-44-19(2)29(48-31(44)47)23-12-24(32(34,35)36)14-25(13-23)33(37,38)39/h4-5,10,12-16,19-21,29H,3,6-9,11,17-18H2,1-2H3,(H,45,46)/t19-,20-,21-,29?/m0/s1. The number of rotatable bonds is 10. The number of carbonyl (C=O) groups is 2. The van der Waals surface area contributed by atoms with Crippen LogP contribution in [0.3, 0.4) is 0 Å². The zero-order valence-corrected chi connectivity index (χ0v) is 26.3. The molecule has 1 aliphatic heterocycles. The van der Waals surface area contributed by atoms with E-state index >= 15 is 0 Å². The molecule has 1 saturated carbocycles. The number of carboxylic acid groups (broad SMARTS) is 1. The van der Waals surface area contributed by atoms with Gasteiger partial charge in [0.15, 0.2) is 5.82 Å². The van der Waals surface area contributed by atoms with Crippen LogP contribution < -0.4 is 4.90 Å². The lowest BCUT2D eigenvalue weighted by Crippen LogP contribution is -2.36.